The second-order valence-electron chi connectivity index (χ2n) is 5.32. The number of anilines is 1. The van der Waals surface area contributed by atoms with Crippen LogP contribution in [0.1, 0.15) is 22.3 Å². The normalized spacial score (nSPS) is 12.9. The summed E-state index contributed by atoms with van der Waals surface area (Å²) in [4.78, 5) is 0. The summed E-state index contributed by atoms with van der Waals surface area (Å²) in [5.74, 6) is 1.06. The Morgan fingerprint density at radius 3 is 2.85 bits per heavy atom. The molecule has 20 heavy (non-hydrogen) atoms. The summed E-state index contributed by atoms with van der Waals surface area (Å²) in [6.45, 7) is 5.83. The maximum atomic E-state index is 5.76. The van der Waals surface area contributed by atoms with E-state index in [9.17, 15) is 0 Å². The molecule has 104 valence electrons. The average molecular weight is 332 g/mol. The third kappa shape index (κ3) is 2.68. The molecule has 1 aliphatic rings. The first-order valence-electron chi connectivity index (χ1n) is 6.89. The molecular weight excluding hydrogens is 314 g/mol. The Morgan fingerprint density at radius 2 is 2.05 bits per heavy atom. The molecule has 3 rings (SSSR count). The highest BCUT2D eigenvalue weighted by Gasteiger charge is 2.17. The predicted octanol–water partition coefficient (Wildman–Crippen LogP) is 4.61. The summed E-state index contributed by atoms with van der Waals surface area (Å²) in [5, 5.41) is 3.51. The lowest BCUT2D eigenvalue weighted by Gasteiger charge is -2.13. The van der Waals surface area contributed by atoms with Crippen LogP contribution < -0.4 is 10.1 Å². The van der Waals surface area contributed by atoms with Crippen molar-refractivity contribution in [1.29, 1.82) is 0 Å². The minimum absolute atomic E-state index is 0.783. The van der Waals surface area contributed by atoms with Gasteiger partial charge >= 0.3 is 0 Å². The summed E-state index contributed by atoms with van der Waals surface area (Å²) in [7, 11) is 0. The van der Waals surface area contributed by atoms with E-state index in [-0.39, 0.29) is 0 Å². The molecule has 0 aromatic heterocycles. The molecule has 0 radical (unpaired) electrons. The van der Waals surface area contributed by atoms with Crippen molar-refractivity contribution < 1.29 is 4.74 Å². The zero-order chi connectivity index (χ0) is 14.1. The van der Waals surface area contributed by atoms with Gasteiger partial charge in [0.1, 0.15) is 5.75 Å². The highest BCUT2D eigenvalue weighted by atomic mass is 79.9. The van der Waals surface area contributed by atoms with Crippen LogP contribution >= 0.6 is 15.9 Å². The Kier molecular flexibility index (Phi) is 3.70. The van der Waals surface area contributed by atoms with Gasteiger partial charge < -0.3 is 10.1 Å². The van der Waals surface area contributed by atoms with E-state index in [1.165, 1.54) is 27.9 Å². The average Bonchev–Trinajstić information content (AvgIpc) is 2.85. The second-order valence-corrected chi connectivity index (χ2v) is 6.24. The van der Waals surface area contributed by atoms with Gasteiger partial charge in [-0.05, 0) is 43.2 Å². The van der Waals surface area contributed by atoms with E-state index >= 15 is 0 Å². The second kappa shape index (κ2) is 5.49. The summed E-state index contributed by atoms with van der Waals surface area (Å²) in [6, 6.07) is 10.8. The first-order chi connectivity index (χ1) is 9.63. The van der Waals surface area contributed by atoms with Crippen LogP contribution in [-0.4, -0.2) is 6.61 Å². The number of fused-ring (bicyclic) bond motifs is 1. The molecule has 0 saturated heterocycles. The highest BCUT2D eigenvalue weighted by Crippen LogP contribution is 2.33. The van der Waals surface area contributed by atoms with Crippen molar-refractivity contribution in [3.8, 4) is 5.75 Å². The Morgan fingerprint density at radius 1 is 1.20 bits per heavy atom. The van der Waals surface area contributed by atoms with Crippen LogP contribution in [0.2, 0.25) is 0 Å². The molecule has 1 N–H and O–H groups in total. The highest BCUT2D eigenvalue weighted by molar-refractivity contribution is 9.10. The zero-order valence-electron chi connectivity index (χ0n) is 11.8. The summed E-state index contributed by atoms with van der Waals surface area (Å²) >= 11 is 3.58. The van der Waals surface area contributed by atoms with Crippen LogP contribution in [0.15, 0.2) is 34.8 Å². The van der Waals surface area contributed by atoms with E-state index in [1.807, 2.05) is 0 Å². The van der Waals surface area contributed by atoms with Gasteiger partial charge in [-0.15, -0.1) is 0 Å². The van der Waals surface area contributed by atoms with E-state index in [1.54, 1.807) is 0 Å². The molecule has 0 spiro atoms. The molecule has 1 heterocycles. The Bertz CT molecular complexity index is 652. The summed E-state index contributed by atoms with van der Waals surface area (Å²) < 4.78 is 6.89. The predicted molar refractivity (Wildman–Crippen MR) is 86.6 cm³/mol. The number of hydrogen-bond acceptors (Lipinski definition) is 2. The van der Waals surface area contributed by atoms with E-state index in [0.717, 1.165) is 29.8 Å². The van der Waals surface area contributed by atoms with Gasteiger partial charge in [0, 0.05) is 28.7 Å². The molecule has 3 heteroatoms. The fourth-order valence-corrected chi connectivity index (χ4v) is 3.23. The first-order valence-corrected chi connectivity index (χ1v) is 7.68. The zero-order valence-corrected chi connectivity index (χ0v) is 13.4. The minimum atomic E-state index is 0.783. The number of rotatable bonds is 3. The molecule has 1 aliphatic heterocycles. The van der Waals surface area contributed by atoms with E-state index in [2.05, 4.69) is 65.4 Å². The smallest absolute Gasteiger partial charge is 0.127 e. The van der Waals surface area contributed by atoms with Gasteiger partial charge in [-0.3, -0.25) is 0 Å². The minimum Gasteiger partial charge on any atom is -0.493 e. The first kappa shape index (κ1) is 13.5. The van der Waals surface area contributed by atoms with E-state index in [4.69, 9.17) is 4.74 Å². The molecule has 0 aliphatic carbocycles. The number of halogens is 1. The standard InChI is InChI=1S/C17H18BrNO/c1-11-3-4-16(12(2)7-11)19-10-14-9-15(18)8-13-5-6-20-17(13)14/h3-4,7-9,19H,5-6,10H2,1-2H3. The van der Waals surface area contributed by atoms with Crippen LogP contribution in [0.4, 0.5) is 5.69 Å². The lowest BCUT2D eigenvalue weighted by molar-refractivity contribution is 0.354. The maximum absolute atomic E-state index is 5.76. The third-order valence-electron chi connectivity index (χ3n) is 3.68. The Labute approximate surface area is 128 Å². The fourth-order valence-electron chi connectivity index (χ4n) is 2.68. The number of benzene rings is 2. The molecule has 2 aromatic rings. The van der Waals surface area contributed by atoms with E-state index < -0.39 is 0 Å². The molecule has 0 atom stereocenters. The number of ether oxygens (including phenoxy) is 1. The van der Waals surface area contributed by atoms with Gasteiger partial charge in [-0.1, -0.05) is 33.6 Å². The van der Waals surface area contributed by atoms with Crippen molar-refractivity contribution in [2.45, 2.75) is 26.8 Å². The van der Waals surface area contributed by atoms with Gasteiger partial charge in [-0.2, -0.15) is 0 Å². The van der Waals surface area contributed by atoms with Gasteiger partial charge in [0.05, 0.1) is 6.61 Å². The molecular formula is C17H18BrNO. The molecule has 0 unspecified atom stereocenters. The van der Waals surface area contributed by atoms with Gasteiger partial charge in [-0.25, -0.2) is 0 Å². The maximum Gasteiger partial charge on any atom is 0.127 e. The topological polar surface area (TPSA) is 21.3 Å². The Hall–Kier alpha value is -1.48. The fraction of sp³-hybridized carbons (Fsp3) is 0.294. The van der Waals surface area contributed by atoms with Gasteiger partial charge in [0.25, 0.3) is 0 Å². The van der Waals surface area contributed by atoms with Crippen molar-refractivity contribution in [3.63, 3.8) is 0 Å². The monoisotopic (exact) mass is 331 g/mol. The van der Waals surface area contributed by atoms with Crippen LogP contribution in [0.3, 0.4) is 0 Å². The quantitative estimate of drug-likeness (QED) is 0.886. The van der Waals surface area contributed by atoms with Crippen molar-refractivity contribution in [1.82, 2.24) is 0 Å². The molecule has 0 bridgehead atoms. The summed E-state index contributed by atoms with van der Waals surface area (Å²) in [6.07, 6.45) is 1.01. The lowest BCUT2D eigenvalue weighted by Crippen LogP contribution is -2.03. The SMILES string of the molecule is Cc1ccc(NCc2cc(Br)cc3c2OCC3)c(C)c1. The summed E-state index contributed by atoms with van der Waals surface area (Å²) in [5.41, 5.74) is 6.27. The third-order valence-corrected chi connectivity index (χ3v) is 4.13. The number of nitrogens with one attached hydrogen (secondary N) is 1. The lowest BCUT2D eigenvalue weighted by atomic mass is 10.1. The van der Waals surface area contributed by atoms with Crippen molar-refractivity contribution in [2.24, 2.45) is 0 Å². The molecule has 2 aromatic carbocycles. The van der Waals surface area contributed by atoms with Crippen molar-refractivity contribution in [3.05, 3.63) is 57.1 Å². The van der Waals surface area contributed by atoms with Crippen LogP contribution in [-0.2, 0) is 13.0 Å². The van der Waals surface area contributed by atoms with Gasteiger partial charge in [0.2, 0.25) is 0 Å². The number of aryl methyl sites for hydroxylation is 2. The van der Waals surface area contributed by atoms with Crippen LogP contribution in [0, 0.1) is 13.8 Å². The van der Waals surface area contributed by atoms with Crippen LogP contribution in [0.5, 0.6) is 5.75 Å². The van der Waals surface area contributed by atoms with Crippen molar-refractivity contribution >= 4 is 21.6 Å². The molecule has 0 saturated carbocycles. The van der Waals surface area contributed by atoms with Gasteiger partial charge in [0.15, 0.2) is 0 Å². The van der Waals surface area contributed by atoms with Crippen molar-refractivity contribution in [2.75, 3.05) is 11.9 Å². The molecule has 2 nitrogen and oxygen atoms in total. The largest absolute Gasteiger partial charge is 0.493 e. The van der Waals surface area contributed by atoms with Crippen LogP contribution in [0.25, 0.3) is 0 Å². The molecule has 0 amide bonds. The number of hydrogen-bond donors (Lipinski definition) is 1. The van der Waals surface area contributed by atoms with E-state index in [0.29, 0.717) is 0 Å². The Balaban J connectivity index is 1.82. The molecule has 0 fully saturated rings.